The molecule has 9 heteroatoms. The Morgan fingerprint density at radius 1 is 0.551 bits per heavy atom. The largest absolute Gasteiger partial charge is 0.381 e. The van der Waals surface area contributed by atoms with Crippen LogP contribution in [-0.2, 0) is 14.2 Å². The summed E-state index contributed by atoms with van der Waals surface area (Å²) < 4.78 is 17.2. The van der Waals surface area contributed by atoms with Gasteiger partial charge in [0, 0.05) is 59.4 Å². The highest BCUT2D eigenvalue weighted by atomic mass is 16.5. The maximum absolute atomic E-state index is 14.0. The van der Waals surface area contributed by atoms with Gasteiger partial charge in [-0.15, -0.1) is 0 Å². The number of hydrogen-bond acceptors (Lipinski definition) is 7. The third kappa shape index (κ3) is 5.44. The molecular formula is C40H42N2O7. The van der Waals surface area contributed by atoms with Crippen molar-refractivity contribution in [3.05, 3.63) is 70.8 Å². The number of imide groups is 2. The van der Waals surface area contributed by atoms with Gasteiger partial charge in [-0.05, 0) is 89.7 Å². The van der Waals surface area contributed by atoms with Crippen LogP contribution >= 0.6 is 0 Å². The highest BCUT2D eigenvalue weighted by Gasteiger charge is 2.38. The molecule has 0 spiro atoms. The number of rotatable bonds is 15. The van der Waals surface area contributed by atoms with E-state index in [0.717, 1.165) is 51.6 Å². The van der Waals surface area contributed by atoms with Crippen molar-refractivity contribution in [3.8, 4) is 0 Å². The number of amides is 4. The van der Waals surface area contributed by atoms with Gasteiger partial charge in [0.25, 0.3) is 23.6 Å². The lowest BCUT2D eigenvalue weighted by atomic mass is 9.82. The van der Waals surface area contributed by atoms with Crippen molar-refractivity contribution >= 4 is 66.7 Å². The number of ether oxygens (including phenoxy) is 3. The molecule has 7 rings (SSSR count). The standard InChI is InChI=1S/C40H42N2O7/c1-5-7-19-47-20-8-17-41-37(43)29-13-9-25-27-11-15-31-36-32(40(46)42(39(31)45)23(3)21-49-24(4)22-48-18-6-2)16-12-28(34(27)36)26-10-14-30(38(41)44)35(29)33(25)26/h9-16,23-24H,5-8,17-22H2,1-4H3. The fraction of sp³-hybridized carbons (Fsp3) is 0.400. The van der Waals surface area contributed by atoms with Crippen molar-refractivity contribution < 1.29 is 33.4 Å². The van der Waals surface area contributed by atoms with Gasteiger partial charge in [0.1, 0.15) is 0 Å². The molecule has 5 aromatic rings. The van der Waals surface area contributed by atoms with E-state index >= 15 is 0 Å². The predicted octanol–water partition coefficient (Wildman–Crippen LogP) is 7.36. The minimum atomic E-state index is -0.482. The Morgan fingerprint density at radius 2 is 1.04 bits per heavy atom. The average molecular weight is 663 g/mol. The van der Waals surface area contributed by atoms with E-state index in [0.29, 0.717) is 65.9 Å². The first-order valence-electron chi connectivity index (χ1n) is 17.5. The minimum Gasteiger partial charge on any atom is -0.381 e. The highest BCUT2D eigenvalue weighted by molar-refractivity contribution is 6.41. The molecule has 2 heterocycles. The molecule has 254 valence electrons. The van der Waals surface area contributed by atoms with Gasteiger partial charge >= 0.3 is 0 Å². The SMILES string of the molecule is CCCCOCCCN1C(=O)c2ccc3c4ccc5c6c(ccc(c7ccc(c2c37)C1=O)c64)C(=O)N(C(C)COC(C)COCCC)C5=O. The zero-order chi connectivity index (χ0) is 34.4. The van der Waals surface area contributed by atoms with Crippen LogP contribution in [0.5, 0.6) is 0 Å². The Balaban J connectivity index is 1.25. The minimum absolute atomic E-state index is 0.171. The summed E-state index contributed by atoms with van der Waals surface area (Å²) in [6.07, 6.45) is 3.36. The first-order chi connectivity index (χ1) is 23.8. The molecular weight excluding hydrogens is 620 g/mol. The Kier molecular flexibility index (Phi) is 9.09. The summed E-state index contributed by atoms with van der Waals surface area (Å²) in [7, 11) is 0. The smallest absolute Gasteiger partial charge is 0.261 e. The third-order valence-corrected chi connectivity index (χ3v) is 9.83. The molecule has 0 aliphatic carbocycles. The molecule has 0 N–H and O–H groups in total. The van der Waals surface area contributed by atoms with Crippen LogP contribution < -0.4 is 0 Å². The molecule has 0 radical (unpaired) electrons. The van der Waals surface area contributed by atoms with E-state index in [4.69, 9.17) is 14.2 Å². The first kappa shape index (κ1) is 33.1. The Hall–Kier alpha value is -4.44. The molecule has 0 saturated carbocycles. The van der Waals surface area contributed by atoms with Crippen LogP contribution in [0, 0.1) is 0 Å². The van der Waals surface area contributed by atoms with Gasteiger partial charge in [0.05, 0.1) is 25.4 Å². The fourth-order valence-corrected chi connectivity index (χ4v) is 7.43. The zero-order valence-electron chi connectivity index (χ0n) is 28.6. The summed E-state index contributed by atoms with van der Waals surface area (Å²) in [6, 6.07) is 14.4. The number of hydrogen-bond donors (Lipinski definition) is 0. The van der Waals surface area contributed by atoms with Crippen LogP contribution in [-0.4, -0.2) is 85.2 Å². The van der Waals surface area contributed by atoms with Gasteiger partial charge in [-0.1, -0.05) is 44.5 Å². The Bertz CT molecular complexity index is 2000. The second-order valence-corrected chi connectivity index (χ2v) is 13.3. The first-order valence-corrected chi connectivity index (χ1v) is 17.5. The molecule has 49 heavy (non-hydrogen) atoms. The van der Waals surface area contributed by atoms with Crippen molar-refractivity contribution in [3.63, 3.8) is 0 Å². The number of benzene rings is 5. The van der Waals surface area contributed by atoms with Crippen LogP contribution in [0.25, 0.3) is 43.1 Å². The number of carbonyl (C=O) groups excluding carboxylic acids is 4. The van der Waals surface area contributed by atoms with Crippen molar-refractivity contribution in [2.75, 3.05) is 39.6 Å². The van der Waals surface area contributed by atoms with Gasteiger partial charge in [-0.3, -0.25) is 29.0 Å². The molecule has 5 aromatic carbocycles. The van der Waals surface area contributed by atoms with Crippen molar-refractivity contribution in [2.45, 2.75) is 65.5 Å². The molecule has 2 unspecified atom stereocenters. The summed E-state index contributed by atoms with van der Waals surface area (Å²) in [5.74, 6) is -1.31. The van der Waals surface area contributed by atoms with Gasteiger partial charge in [0.2, 0.25) is 0 Å². The highest BCUT2D eigenvalue weighted by Crippen LogP contribution is 2.46. The van der Waals surface area contributed by atoms with Gasteiger partial charge in [0.15, 0.2) is 0 Å². The molecule has 0 saturated heterocycles. The second kappa shape index (κ2) is 13.5. The quantitative estimate of drug-likeness (QED) is 0.0500. The maximum atomic E-state index is 14.0. The third-order valence-electron chi connectivity index (χ3n) is 9.83. The lowest BCUT2D eigenvalue weighted by Gasteiger charge is -2.33. The van der Waals surface area contributed by atoms with Crippen molar-refractivity contribution in [1.82, 2.24) is 9.80 Å². The van der Waals surface area contributed by atoms with Crippen LogP contribution in [0.2, 0.25) is 0 Å². The maximum Gasteiger partial charge on any atom is 0.261 e. The second-order valence-electron chi connectivity index (χ2n) is 13.3. The number of carbonyl (C=O) groups is 4. The van der Waals surface area contributed by atoms with E-state index in [9.17, 15) is 19.2 Å². The molecule has 9 nitrogen and oxygen atoms in total. The fourth-order valence-electron chi connectivity index (χ4n) is 7.43. The summed E-state index contributed by atoms with van der Waals surface area (Å²) in [5, 5.41) is 6.43. The predicted molar refractivity (Wildman–Crippen MR) is 190 cm³/mol. The van der Waals surface area contributed by atoms with Gasteiger partial charge < -0.3 is 14.2 Å². The molecule has 0 aromatic heterocycles. The number of unbranched alkanes of at least 4 members (excludes halogenated alkanes) is 1. The van der Waals surface area contributed by atoms with Crippen LogP contribution in [0.3, 0.4) is 0 Å². The van der Waals surface area contributed by atoms with Crippen LogP contribution in [0.4, 0.5) is 0 Å². The van der Waals surface area contributed by atoms with Crippen LogP contribution in [0.1, 0.15) is 94.8 Å². The van der Waals surface area contributed by atoms with E-state index in [1.54, 1.807) is 24.3 Å². The molecule has 2 atom stereocenters. The average Bonchev–Trinajstić information content (AvgIpc) is 3.10. The molecule has 4 amide bonds. The van der Waals surface area contributed by atoms with Crippen molar-refractivity contribution in [1.29, 1.82) is 0 Å². The summed E-state index contributed by atoms with van der Waals surface area (Å²) in [5.41, 5.74) is 1.93. The van der Waals surface area contributed by atoms with Crippen LogP contribution in [0.15, 0.2) is 48.5 Å². The normalized spacial score (nSPS) is 15.9. The van der Waals surface area contributed by atoms with Gasteiger partial charge in [-0.25, -0.2) is 0 Å². The van der Waals surface area contributed by atoms with Crippen molar-refractivity contribution in [2.24, 2.45) is 0 Å². The monoisotopic (exact) mass is 662 g/mol. The van der Waals surface area contributed by atoms with E-state index in [2.05, 4.69) is 6.92 Å². The number of nitrogens with zero attached hydrogens (tertiary/aromatic N) is 2. The van der Waals surface area contributed by atoms with E-state index in [1.165, 1.54) is 9.80 Å². The summed E-state index contributed by atoms with van der Waals surface area (Å²) in [4.78, 5) is 58.1. The van der Waals surface area contributed by atoms with Gasteiger partial charge in [-0.2, -0.15) is 0 Å². The van der Waals surface area contributed by atoms with E-state index in [1.807, 2.05) is 45.0 Å². The number of fused-ring (bicyclic) bond motifs is 2. The van der Waals surface area contributed by atoms with E-state index < -0.39 is 6.04 Å². The topological polar surface area (TPSA) is 102 Å². The Morgan fingerprint density at radius 3 is 1.53 bits per heavy atom. The lowest BCUT2D eigenvalue weighted by molar-refractivity contribution is -0.0227. The molecule has 0 fully saturated rings. The Labute approximate surface area is 285 Å². The summed E-state index contributed by atoms with van der Waals surface area (Å²) >= 11 is 0. The molecule has 2 aliphatic rings. The molecule has 0 bridgehead atoms. The molecule has 2 aliphatic heterocycles. The lowest BCUT2D eigenvalue weighted by Crippen LogP contribution is -2.48. The zero-order valence-corrected chi connectivity index (χ0v) is 28.6. The van der Waals surface area contributed by atoms with E-state index in [-0.39, 0.29) is 42.9 Å². The summed E-state index contributed by atoms with van der Waals surface area (Å²) in [6.45, 7) is 10.6.